The van der Waals surface area contributed by atoms with E-state index in [4.69, 9.17) is 4.42 Å². The van der Waals surface area contributed by atoms with Crippen LogP contribution >= 0.6 is 0 Å². The van der Waals surface area contributed by atoms with Crippen molar-refractivity contribution in [3.05, 3.63) is 43.0 Å². The van der Waals surface area contributed by atoms with Crippen LogP contribution in [0.3, 0.4) is 0 Å². The predicted octanol–water partition coefficient (Wildman–Crippen LogP) is 1.16. The first-order valence-electron chi connectivity index (χ1n) is 3.17. The van der Waals surface area contributed by atoms with Gasteiger partial charge in [-0.1, -0.05) is 11.4 Å². The lowest BCUT2D eigenvalue weighted by molar-refractivity contribution is 0.600. The van der Waals surface area contributed by atoms with Crippen LogP contribution in [0.15, 0.2) is 47.4 Å². The van der Waals surface area contributed by atoms with E-state index in [2.05, 4.69) is 13.2 Å². The van der Waals surface area contributed by atoms with Gasteiger partial charge in [-0.3, -0.25) is 0 Å². The van der Waals surface area contributed by atoms with Crippen molar-refractivity contribution >= 4 is 14.2 Å². The summed E-state index contributed by atoms with van der Waals surface area (Å²) >= 11 is 0. The van der Waals surface area contributed by atoms with Crippen LogP contribution in [0, 0.1) is 0 Å². The van der Waals surface area contributed by atoms with Crippen LogP contribution in [-0.4, -0.2) is 8.80 Å². The van der Waals surface area contributed by atoms with Gasteiger partial charge in [-0.15, -0.1) is 13.2 Å². The van der Waals surface area contributed by atoms with Crippen LogP contribution in [0.4, 0.5) is 0 Å². The van der Waals surface area contributed by atoms with Crippen molar-refractivity contribution in [3.63, 3.8) is 0 Å². The van der Waals surface area contributed by atoms with Crippen LogP contribution in [0.1, 0.15) is 0 Å². The highest BCUT2D eigenvalue weighted by Crippen LogP contribution is 1.90. The normalized spacial score (nSPS) is 9.70. The molecule has 0 fully saturated rings. The highest BCUT2D eigenvalue weighted by Gasteiger charge is 2.05. The topological polar surface area (TPSA) is 13.1 Å². The van der Waals surface area contributed by atoms with E-state index in [1.807, 2.05) is 23.5 Å². The molecule has 0 N–H and O–H groups in total. The maximum absolute atomic E-state index is 5.20. The SMILES string of the molecule is C=C[SiH](C=C)c1ccco1. The average Bonchev–Trinajstić information content (AvgIpc) is 2.43. The lowest BCUT2D eigenvalue weighted by Crippen LogP contribution is -2.23. The molecule has 0 saturated carbocycles. The maximum atomic E-state index is 5.20. The fraction of sp³-hybridized carbons (Fsp3) is 0. The van der Waals surface area contributed by atoms with E-state index in [1.165, 1.54) is 0 Å². The van der Waals surface area contributed by atoms with Gasteiger partial charge < -0.3 is 4.42 Å². The van der Waals surface area contributed by atoms with Crippen LogP contribution in [0.5, 0.6) is 0 Å². The summed E-state index contributed by atoms with van der Waals surface area (Å²) in [5.74, 6) is 0. The quantitative estimate of drug-likeness (QED) is 0.589. The van der Waals surface area contributed by atoms with Crippen LogP contribution in [0.25, 0.3) is 0 Å². The smallest absolute Gasteiger partial charge is 0.162 e. The molecule has 1 heterocycles. The molecule has 0 bridgehead atoms. The molecule has 1 rings (SSSR count). The van der Waals surface area contributed by atoms with Crippen molar-refractivity contribution in [2.24, 2.45) is 0 Å². The van der Waals surface area contributed by atoms with Gasteiger partial charge in [0.25, 0.3) is 0 Å². The molecule has 0 aliphatic heterocycles. The minimum atomic E-state index is -1.14. The van der Waals surface area contributed by atoms with E-state index in [0.29, 0.717) is 0 Å². The summed E-state index contributed by atoms with van der Waals surface area (Å²) in [6, 6.07) is 3.86. The van der Waals surface area contributed by atoms with Gasteiger partial charge in [0, 0.05) is 0 Å². The van der Waals surface area contributed by atoms with E-state index in [1.54, 1.807) is 6.26 Å². The third-order valence-corrected chi connectivity index (χ3v) is 3.38. The molecule has 2 heteroatoms. The standard InChI is InChI=1S/C8H10OSi/c1-3-10(4-2)8-6-5-7-9-8/h3-7,10H,1-2H2. The molecule has 10 heavy (non-hydrogen) atoms. The average molecular weight is 150 g/mol. The zero-order valence-corrected chi connectivity index (χ0v) is 6.94. The first-order chi connectivity index (χ1) is 4.88. The molecule has 0 radical (unpaired) electrons. The van der Waals surface area contributed by atoms with Crippen molar-refractivity contribution in [2.45, 2.75) is 0 Å². The van der Waals surface area contributed by atoms with Gasteiger partial charge in [-0.05, 0) is 12.1 Å². The molecule has 0 unspecified atom stereocenters. The Morgan fingerprint density at radius 3 is 2.50 bits per heavy atom. The van der Waals surface area contributed by atoms with Crippen molar-refractivity contribution in [2.75, 3.05) is 0 Å². The van der Waals surface area contributed by atoms with Gasteiger partial charge in [-0.25, -0.2) is 0 Å². The predicted molar refractivity (Wildman–Crippen MR) is 45.9 cm³/mol. The molecule has 0 aliphatic carbocycles. The molecule has 1 aromatic rings. The number of rotatable bonds is 3. The van der Waals surface area contributed by atoms with E-state index >= 15 is 0 Å². The maximum Gasteiger partial charge on any atom is 0.162 e. The number of hydrogen-bond donors (Lipinski definition) is 0. The summed E-state index contributed by atoms with van der Waals surface area (Å²) in [6.45, 7) is 7.44. The minimum Gasteiger partial charge on any atom is -0.474 e. The second-order valence-corrected chi connectivity index (χ2v) is 4.58. The van der Waals surface area contributed by atoms with Gasteiger partial charge in [-0.2, -0.15) is 0 Å². The van der Waals surface area contributed by atoms with Gasteiger partial charge in [0.2, 0.25) is 0 Å². The molecule has 0 amide bonds. The van der Waals surface area contributed by atoms with E-state index in [0.717, 1.165) is 5.38 Å². The Hall–Kier alpha value is -1.02. The minimum absolute atomic E-state index is 1.03. The first kappa shape index (κ1) is 7.09. The van der Waals surface area contributed by atoms with Gasteiger partial charge >= 0.3 is 0 Å². The Morgan fingerprint density at radius 1 is 1.40 bits per heavy atom. The molecule has 0 aromatic carbocycles. The van der Waals surface area contributed by atoms with Crippen molar-refractivity contribution in [3.8, 4) is 0 Å². The second-order valence-electron chi connectivity index (χ2n) is 2.01. The molecule has 0 aliphatic rings. The fourth-order valence-corrected chi connectivity index (χ4v) is 2.04. The summed E-state index contributed by atoms with van der Waals surface area (Å²) in [5.41, 5.74) is 3.87. The lowest BCUT2D eigenvalue weighted by atomic mass is 10.7. The third-order valence-electron chi connectivity index (χ3n) is 1.38. The fourth-order valence-electron chi connectivity index (χ4n) is 0.809. The van der Waals surface area contributed by atoms with Gasteiger partial charge in [0.05, 0.1) is 11.6 Å². The van der Waals surface area contributed by atoms with Gasteiger partial charge in [0.15, 0.2) is 8.80 Å². The molecule has 52 valence electrons. The Kier molecular flexibility index (Phi) is 2.28. The summed E-state index contributed by atoms with van der Waals surface area (Å²) in [7, 11) is -1.14. The Labute approximate surface area is 62.3 Å². The lowest BCUT2D eigenvalue weighted by Gasteiger charge is -1.97. The van der Waals surface area contributed by atoms with Crippen LogP contribution in [-0.2, 0) is 0 Å². The van der Waals surface area contributed by atoms with Crippen molar-refractivity contribution in [1.29, 1.82) is 0 Å². The summed E-state index contributed by atoms with van der Waals surface area (Å²) < 4.78 is 5.20. The van der Waals surface area contributed by atoms with Gasteiger partial charge in [0.1, 0.15) is 0 Å². The molecule has 0 atom stereocenters. The Morgan fingerprint density at radius 2 is 2.10 bits per heavy atom. The molecule has 0 saturated heterocycles. The second kappa shape index (κ2) is 3.22. The van der Waals surface area contributed by atoms with Crippen LogP contribution in [0.2, 0.25) is 0 Å². The van der Waals surface area contributed by atoms with Crippen molar-refractivity contribution < 1.29 is 4.42 Å². The van der Waals surface area contributed by atoms with E-state index < -0.39 is 8.80 Å². The zero-order chi connectivity index (χ0) is 7.40. The Bertz CT molecular complexity index is 205. The Balaban J connectivity index is 2.82. The number of furan rings is 1. The largest absolute Gasteiger partial charge is 0.474 e. The molecule has 1 aromatic heterocycles. The summed E-state index contributed by atoms with van der Waals surface area (Å²) in [6.07, 6.45) is 1.68. The molecular formula is C8H10OSi. The zero-order valence-electron chi connectivity index (χ0n) is 5.79. The monoisotopic (exact) mass is 150 g/mol. The van der Waals surface area contributed by atoms with E-state index in [9.17, 15) is 0 Å². The number of hydrogen-bond acceptors (Lipinski definition) is 1. The molecule has 1 nitrogen and oxygen atoms in total. The summed E-state index contributed by atoms with van der Waals surface area (Å²) in [5, 5.41) is 1.03. The highest BCUT2D eigenvalue weighted by atomic mass is 28.3. The third kappa shape index (κ3) is 1.28. The van der Waals surface area contributed by atoms with Crippen LogP contribution < -0.4 is 5.38 Å². The van der Waals surface area contributed by atoms with Crippen molar-refractivity contribution in [1.82, 2.24) is 0 Å². The molecular weight excluding hydrogens is 140 g/mol. The highest BCUT2D eigenvalue weighted by molar-refractivity contribution is 6.80. The van der Waals surface area contributed by atoms with E-state index in [-0.39, 0.29) is 0 Å². The molecule has 0 spiro atoms. The summed E-state index contributed by atoms with van der Waals surface area (Å²) in [4.78, 5) is 0. The first-order valence-corrected chi connectivity index (χ1v) is 5.08.